The van der Waals surface area contributed by atoms with Gasteiger partial charge in [-0.2, -0.15) is 0 Å². The fourth-order valence-electron chi connectivity index (χ4n) is 4.31. The van der Waals surface area contributed by atoms with Gasteiger partial charge in [0.15, 0.2) is 0 Å². The molecule has 4 rings (SSSR count). The fraction of sp³-hybridized carbons (Fsp3) is 0.391. The van der Waals surface area contributed by atoms with Gasteiger partial charge in [-0.25, -0.2) is 4.79 Å². The highest BCUT2D eigenvalue weighted by Crippen LogP contribution is 2.40. The Bertz CT molecular complexity index is 869. The lowest BCUT2D eigenvalue weighted by molar-refractivity contribution is -0.135. The number of methoxy groups -OCH3 is 1. The van der Waals surface area contributed by atoms with Crippen molar-refractivity contribution in [1.82, 2.24) is 9.80 Å². The van der Waals surface area contributed by atoms with Gasteiger partial charge in [0.05, 0.1) is 12.0 Å². The number of urea groups is 1. The molecule has 2 aromatic rings. The normalized spacial score (nSPS) is 21.2. The van der Waals surface area contributed by atoms with Gasteiger partial charge in [0.25, 0.3) is 0 Å². The zero-order chi connectivity index (χ0) is 20.3. The van der Waals surface area contributed by atoms with Crippen LogP contribution in [0.15, 0.2) is 54.6 Å². The lowest BCUT2D eigenvalue weighted by Crippen LogP contribution is -2.40. The van der Waals surface area contributed by atoms with E-state index in [1.54, 1.807) is 12.0 Å². The van der Waals surface area contributed by atoms with Crippen LogP contribution in [0.4, 0.5) is 10.5 Å². The van der Waals surface area contributed by atoms with Crippen LogP contribution in [-0.4, -0.2) is 61.6 Å². The van der Waals surface area contributed by atoms with Gasteiger partial charge in [-0.1, -0.05) is 42.5 Å². The highest BCUT2D eigenvalue weighted by Gasteiger charge is 2.51. The number of rotatable bonds is 5. The van der Waals surface area contributed by atoms with Crippen LogP contribution in [0, 0.1) is 5.41 Å². The Kier molecular flexibility index (Phi) is 5.53. The van der Waals surface area contributed by atoms with E-state index in [1.807, 2.05) is 47.4 Å². The minimum Gasteiger partial charge on any atom is -0.383 e. The first-order chi connectivity index (χ1) is 14.1. The molecule has 2 aromatic carbocycles. The molecule has 1 unspecified atom stereocenters. The Morgan fingerprint density at radius 1 is 1.03 bits per heavy atom. The number of carbonyl (C=O) groups is 2. The molecule has 29 heavy (non-hydrogen) atoms. The second-order valence-corrected chi connectivity index (χ2v) is 7.86. The molecule has 2 saturated heterocycles. The van der Waals surface area contributed by atoms with Gasteiger partial charge in [-0.3, -0.25) is 4.79 Å². The van der Waals surface area contributed by atoms with Crippen molar-refractivity contribution in [2.45, 2.75) is 12.8 Å². The number of anilines is 1. The summed E-state index contributed by atoms with van der Waals surface area (Å²) >= 11 is 0. The first-order valence-corrected chi connectivity index (χ1v) is 10.1. The molecule has 1 atom stereocenters. The van der Waals surface area contributed by atoms with Crippen molar-refractivity contribution in [3.63, 3.8) is 0 Å². The van der Waals surface area contributed by atoms with Gasteiger partial charge in [0.1, 0.15) is 0 Å². The minimum atomic E-state index is -0.414. The quantitative estimate of drug-likeness (QED) is 0.846. The van der Waals surface area contributed by atoms with E-state index in [2.05, 4.69) is 17.4 Å². The molecule has 0 bridgehead atoms. The molecular formula is C23H27N3O3. The summed E-state index contributed by atoms with van der Waals surface area (Å²) in [7, 11) is 1.64. The number of hydrogen-bond acceptors (Lipinski definition) is 3. The molecule has 1 N–H and O–H groups in total. The van der Waals surface area contributed by atoms with Crippen molar-refractivity contribution in [3.05, 3.63) is 54.6 Å². The zero-order valence-electron chi connectivity index (χ0n) is 16.8. The summed E-state index contributed by atoms with van der Waals surface area (Å²) < 4.78 is 5.10. The zero-order valence-corrected chi connectivity index (χ0v) is 16.8. The third-order valence-corrected chi connectivity index (χ3v) is 6.05. The SMILES string of the molecule is COCCN1CCC2(CCN(C(=O)Nc3ccc(-c4ccccc4)cc3)C2)C1=O. The number of nitrogens with one attached hydrogen (secondary N) is 1. The van der Waals surface area contributed by atoms with Crippen LogP contribution >= 0.6 is 0 Å². The number of carbonyl (C=O) groups excluding carboxylic acids is 2. The number of ether oxygens (including phenoxy) is 1. The standard InChI is InChI=1S/C23H27N3O3/c1-29-16-15-25-13-11-23(21(25)27)12-14-26(17-23)22(28)24-20-9-7-19(8-10-20)18-5-3-2-4-6-18/h2-10H,11-17H2,1H3,(H,24,28). The predicted octanol–water partition coefficient (Wildman–Crippen LogP) is 3.46. The van der Waals surface area contributed by atoms with Crippen molar-refractivity contribution in [3.8, 4) is 11.1 Å². The Morgan fingerprint density at radius 2 is 1.72 bits per heavy atom. The summed E-state index contributed by atoms with van der Waals surface area (Å²) in [4.78, 5) is 29.2. The van der Waals surface area contributed by atoms with Crippen LogP contribution in [0.1, 0.15) is 12.8 Å². The topological polar surface area (TPSA) is 61.9 Å². The van der Waals surface area contributed by atoms with E-state index in [0.29, 0.717) is 26.2 Å². The largest absolute Gasteiger partial charge is 0.383 e. The Labute approximate surface area is 171 Å². The van der Waals surface area contributed by atoms with E-state index >= 15 is 0 Å². The molecule has 2 fully saturated rings. The van der Waals surface area contributed by atoms with Crippen LogP contribution < -0.4 is 5.32 Å². The van der Waals surface area contributed by atoms with Crippen molar-refractivity contribution in [1.29, 1.82) is 0 Å². The van der Waals surface area contributed by atoms with E-state index in [9.17, 15) is 9.59 Å². The lowest BCUT2D eigenvalue weighted by atomic mass is 9.85. The number of amides is 3. The molecule has 0 aromatic heterocycles. The summed E-state index contributed by atoms with van der Waals surface area (Å²) in [6.07, 6.45) is 1.54. The molecule has 0 saturated carbocycles. The smallest absolute Gasteiger partial charge is 0.321 e. The third-order valence-electron chi connectivity index (χ3n) is 6.05. The van der Waals surface area contributed by atoms with Gasteiger partial charge in [-0.15, -0.1) is 0 Å². The lowest BCUT2D eigenvalue weighted by Gasteiger charge is -2.23. The molecule has 6 nitrogen and oxygen atoms in total. The molecule has 2 aliphatic heterocycles. The molecule has 152 valence electrons. The van der Waals surface area contributed by atoms with Gasteiger partial charge < -0.3 is 19.9 Å². The summed E-state index contributed by atoms with van der Waals surface area (Å²) in [6.45, 7) is 3.02. The van der Waals surface area contributed by atoms with Crippen molar-refractivity contribution in [2.75, 3.05) is 45.2 Å². The molecule has 3 amide bonds. The number of nitrogens with zero attached hydrogens (tertiary/aromatic N) is 2. The molecule has 0 radical (unpaired) electrons. The third kappa shape index (κ3) is 3.98. The van der Waals surface area contributed by atoms with Crippen LogP contribution in [0.2, 0.25) is 0 Å². The van der Waals surface area contributed by atoms with E-state index < -0.39 is 5.41 Å². The molecule has 1 spiro atoms. The molecule has 6 heteroatoms. The number of benzene rings is 2. The molecule has 2 heterocycles. The number of hydrogen-bond donors (Lipinski definition) is 1. The highest BCUT2D eigenvalue weighted by atomic mass is 16.5. The van der Waals surface area contributed by atoms with Crippen LogP contribution in [0.3, 0.4) is 0 Å². The van der Waals surface area contributed by atoms with E-state index in [1.165, 1.54) is 0 Å². The molecule has 0 aliphatic carbocycles. The fourth-order valence-corrected chi connectivity index (χ4v) is 4.31. The van der Waals surface area contributed by atoms with Crippen molar-refractivity contribution in [2.24, 2.45) is 5.41 Å². The van der Waals surface area contributed by atoms with Crippen LogP contribution in [0.5, 0.6) is 0 Å². The second kappa shape index (κ2) is 8.25. The Morgan fingerprint density at radius 3 is 2.45 bits per heavy atom. The summed E-state index contributed by atoms with van der Waals surface area (Å²) in [6, 6.07) is 17.8. The molecule has 2 aliphatic rings. The average molecular weight is 393 g/mol. The minimum absolute atomic E-state index is 0.141. The molecular weight excluding hydrogens is 366 g/mol. The first kappa shape index (κ1) is 19.5. The highest BCUT2D eigenvalue weighted by molar-refractivity contribution is 5.92. The second-order valence-electron chi connectivity index (χ2n) is 7.86. The van der Waals surface area contributed by atoms with Gasteiger partial charge in [0, 0.05) is 39.0 Å². The van der Waals surface area contributed by atoms with Crippen molar-refractivity contribution >= 4 is 17.6 Å². The predicted molar refractivity (Wildman–Crippen MR) is 113 cm³/mol. The van der Waals surface area contributed by atoms with Crippen molar-refractivity contribution < 1.29 is 14.3 Å². The number of likely N-dealkylation sites (tertiary alicyclic amines) is 2. The first-order valence-electron chi connectivity index (χ1n) is 10.1. The van der Waals surface area contributed by atoms with E-state index in [0.717, 1.165) is 36.2 Å². The van der Waals surface area contributed by atoms with Crippen LogP contribution in [0.25, 0.3) is 11.1 Å². The van der Waals surface area contributed by atoms with Crippen LogP contribution in [-0.2, 0) is 9.53 Å². The maximum atomic E-state index is 12.8. The summed E-state index contributed by atoms with van der Waals surface area (Å²) in [5, 5.41) is 2.97. The van der Waals surface area contributed by atoms with Gasteiger partial charge in [-0.05, 0) is 36.1 Å². The van der Waals surface area contributed by atoms with E-state index in [-0.39, 0.29) is 11.9 Å². The Hall–Kier alpha value is -2.86. The maximum absolute atomic E-state index is 12.8. The maximum Gasteiger partial charge on any atom is 0.321 e. The monoisotopic (exact) mass is 393 g/mol. The average Bonchev–Trinajstić information content (AvgIpc) is 3.33. The van der Waals surface area contributed by atoms with Gasteiger partial charge >= 0.3 is 6.03 Å². The summed E-state index contributed by atoms with van der Waals surface area (Å²) in [5.74, 6) is 0.164. The Balaban J connectivity index is 1.36. The summed E-state index contributed by atoms with van der Waals surface area (Å²) in [5.41, 5.74) is 2.60. The van der Waals surface area contributed by atoms with E-state index in [4.69, 9.17) is 4.74 Å². The van der Waals surface area contributed by atoms with Gasteiger partial charge in [0.2, 0.25) is 5.91 Å².